The second kappa shape index (κ2) is 8.63. The van der Waals surface area contributed by atoms with Crippen molar-refractivity contribution in [2.75, 3.05) is 6.54 Å². The number of aryl methyl sites for hydroxylation is 1. The minimum atomic E-state index is -0.333. The van der Waals surface area contributed by atoms with Gasteiger partial charge in [-0.05, 0) is 78.0 Å². The van der Waals surface area contributed by atoms with Crippen molar-refractivity contribution in [2.45, 2.75) is 32.4 Å². The first-order valence-electron chi connectivity index (χ1n) is 10.5. The molecule has 0 saturated heterocycles. The molecule has 0 radical (unpaired) electrons. The van der Waals surface area contributed by atoms with E-state index in [0.29, 0.717) is 11.7 Å². The first-order chi connectivity index (χ1) is 15.6. The van der Waals surface area contributed by atoms with Crippen molar-refractivity contribution in [1.82, 2.24) is 15.0 Å². The summed E-state index contributed by atoms with van der Waals surface area (Å²) in [4.78, 5) is 17.9. The summed E-state index contributed by atoms with van der Waals surface area (Å²) in [6, 6.07) is 15.5. The molecule has 1 aliphatic carbocycles. The summed E-state index contributed by atoms with van der Waals surface area (Å²) in [7, 11) is 0. The summed E-state index contributed by atoms with van der Waals surface area (Å²) in [5.74, 6) is 1.77. The van der Waals surface area contributed by atoms with Gasteiger partial charge in [-0.3, -0.25) is 4.79 Å². The van der Waals surface area contributed by atoms with Gasteiger partial charge in [0.1, 0.15) is 11.8 Å². The molecule has 1 atom stereocenters. The van der Waals surface area contributed by atoms with Crippen LogP contribution in [0.4, 0.5) is 0 Å². The van der Waals surface area contributed by atoms with Gasteiger partial charge >= 0.3 is 0 Å². The topological polar surface area (TPSA) is 68.5 Å². The van der Waals surface area contributed by atoms with E-state index in [1.54, 1.807) is 0 Å². The van der Waals surface area contributed by atoms with Gasteiger partial charge < -0.3 is 14.2 Å². The van der Waals surface area contributed by atoms with Crippen LogP contribution in [0.3, 0.4) is 0 Å². The van der Waals surface area contributed by atoms with Gasteiger partial charge in [0.05, 0.1) is 0 Å². The normalized spacial score (nSPS) is 17.2. The standard InChI is InChI=1S/C25H22ClN3O3/c1-16-19(14-29-12-11-22(29)24(26)30)8-7-18-13-20(9-10-21(16)18)31-15-23-27-25(28-32-23)17-5-3-2-4-6-17/h2-6,9-13,22H,7-8,14-15H2,1H3. The van der Waals surface area contributed by atoms with Crippen molar-refractivity contribution >= 4 is 22.4 Å². The van der Waals surface area contributed by atoms with E-state index in [0.717, 1.165) is 30.7 Å². The van der Waals surface area contributed by atoms with Crippen molar-refractivity contribution in [3.63, 3.8) is 0 Å². The van der Waals surface area contributed by atoms with Crippen molar-refractivity contribution < 1.29 is 14.1 Å². The first-order valence-corrected chi connectivity index (χ1v) is 10.9. The van der Waals surface area contributed by atoms with Crippen molar-refractivity contribution in [3.8, 4) is 17.1 Å². The largest absolute Gasteiger partial charge is 0.484 e. The quantitative estimate of drug-likeness (QED) is 0.475. The van der Waals surface area contributed by atoms with Crippen molar-refractivity contribution in [3.05, 3.63) is 83.4 Å². The van der Waals surface area contributed by atoms with Crippen molar-refractivity contribution in [2.24, 2.45) is 0 Å². The molecule has 1 unspecified atom stereocenters. The lowest BCUT2D eigenvalue weighted by molar-refractivity contribution is -0.115. The Morgan fingerprint density at radius 2 is 2.06 bits per heavy atom. The zero-order valence-corrected chi connectivity index (χ0v) is 18.4. The number of hydrogen-bond donors (Lipinski definition) is 0. The minimum absolute atomic E-state index is 0.216. The lowest BCUT2D eigenvalue weighted by atomic mass is 9.85. The fraction of sp³-hybridized carbons (Fsp3) is 0.240. The zero-order valence-electron chi connectivity index (χ0n) is 17.6. The average Bonchev–Trinajstić information content (AvgIpc) is 3.26. The maximum Gasteiger partial charge on any atom is 0.264 e. The summed E-state index contributed by atoms with van der Waals surface area (Å²) < 4.78 is 11.2. The van der Waals surface area contributed by atoms with Crippen LogP contribution in [-0.4, -0.2) is 32.9 Å². The molecular formula is C25H22ClN3O3. The maximum absolute atomic E-state index is 11.5. The number of carbonyl (C=O) groups excluding carboxylic acids is 1. The molecule has 0 bridgehead atoms. The fourth-order valence-corrected chi connectivity index (χ4v) is 4.33. The summed E-state index contributed by atoms with van der Waals surface area (Å²) in [6.07, 6.45) is 5.63. The van der Waals surface area contributed by atoms with Gasteiger partial charge in [0.2, 0.25) is 11.1 Å². The number of hydrogen-bond acceptors (Lipinski definition) is 6. The monoisotopic (exact) mass is 447 g/mol. The molecular weight excluding hydrogens is 426 g/mol. The lowest BCUT2D eigenvalue weighted by Crippen LogP contribution is -2.42. The number of nitrogens with zero attached hydrogens (tertiary/aromatic N) is 3. The highest BCUT2D eigenvalue weighted by Crippen LogP contribution is 2.35. The molecule has 1 aliphatic heterocycles. The summed E-state index contributed by atoms with van der Waals surface area (Å²) >= 11 is 5.66. The Kier molecular flexibility index (Phi) is 5.53. The lowest BCUT2D eigenvalue weighted by Gasteiger charge is -2.35. The van der Waals surface area contributed by atoms with E-state index in [1.807, 2.05) is 53.6 Å². The highest BCUT2D eigenvalue weighted by molar-refractivity contribution is 6.65. The van der Waals surface area contributed by atoms with Crippen molar-refractivity contribution in [1.29, 1.82) is 0 Å². The van der Waals surface area contributed by atoms with Gasteiger partial charge in [0, 0.05) is 12.1 Å². The maximum atomic E-state index is 11.5. The molecule has 7 heteroatoms. The average molecular weight is 448 g/mol. The van der Waals surface area contributed by atoms with Crippen LogP contribution in [0.25, 0.3) is 17.0 Å². The Labute approximate surface area is 191 Å². The van der Waals surface area contributed by atoms with E-state index in [1.165, 1.54) is 22.3 Å². The number of carbonyl (C=O) groups is 1. The molecule has 162 valence electrons. The summed E-state index contributed by atoms with van der Waals surface area (Å²) in [5.41, 5.74) is 5.97. The van der Waals surface area contributed by atoms with E-state index >= 15 is 0 Å². The predicted molar refractivity (Wildman–Crippen MR) is 122 cm³/mol. The van der Waals surface area contributed by atoms with Gasteiger partial charge in [-0.25, -0.2) is 0 Å². The first kappa shape index (κ1) is 20.5. The van der Waals surface area contributed by atoms with Crippen LogP contribution in [0, 0.1) is 0 Å². The van der Waals surface area contributed by atoms with Gasteiger partial charge in [-0.15, -0.1) is 0 Å². The number of aromatic nitrogens is 2. The SMILES string of the molecule is CC1=C(CN2C=CC2C(=O)Cl)CCc2cc(OCc3nc(-c4ccccc4)no3)ccc21. The molecule has 5 rings (SSSR count). The molecule has 2 aliphatic rings. The van der Waals surface area contributed by atoms with Gasteiger partial charge in [0.15, 0.2) is 6.61 Å². The van der Waals surface area contributed by atoms with E-state index in [-0.39, 0.29) is 17.9 Å². The number of allylic oxidation sites excluding steroid dienone is 1. The molecule has 1 aromatic heterocycles. The summed E-state index contributed by atoms with van der Waals surface area (Å²) in [6.45, 7) is 3.08. The van der Waals surface area contributed by atoms with Gasteiger partial charge in [0.25, 0.3) is 5.89 Å². The Balaban J connectivity index is 1.25. The smallest absolute Gasteiger partial charge is 0.264 e. The number of ether oxygens (including phenoxy) is 1. The molecule has 32 heavy (non-hydrogen) atoms. The van der Waals surface area contributed by atoms with Crippen LogP contribution in [0.15, 0.2) is 70.9 Å². The number of halogens is 1. The van der Waals surface area contributed by atoms with Crippen LogP contribution >= 0.6 is 11.6 Å². The third-order valence-electron chi connectivity index (χ3n) is 5.99. The molecule has 0 amide bonds. The van der Waals surface area contributed by atoms with Crippen LogP contribution in [0.2, 0.25) is 0 Å². The Bertz CT molecular complexity index is 1220. The molecule has 0 N–H and O–H groups in total. The van der Waals surface area contributed by atoms with E-state index < -0.39 is 0 Å². The molecule has 0 saturated carbocycles. The molecule has 2 heterocycles. The Morgan fingerprint density at radius 3 is 2.81 bits per heavy atom. The molecule has 0 fully saturated rings. The molecule has 0 spiro atoms. The minimum Gasteiger partial charge on any atom is -0.484 e. The van der Waals surface area contributed by atoms with Crippen LogP contribution in [0.5, 0.6) is 5.75 Å². The second-order valence-electron chi connectivity index (χ2n) is 7.98. The van der Waals surface area contributed by atoms with Crippen LogP contribution in [-0.2, 0) is 17.8 Å². The van der Waals surface area contributed by atoms with E-state index in [4.69, 9.17) is 20.9 Å². The summed E-state index contributed by atoms with van der Waals surface area (Å²) in [5, 5.41) is 3.70. The highest BCUT2D eigenvalue weighted by Gasteiger charge is 2.28. The molecule has 2 aromatic carbocycles. The number of benzene rings is 2. The fourth-order valence-electron chi connectivity index (χ4n) is 4.13. The predicted octanol–water partition coefficient (Wildman–Crippen LogP) is 5.00. The highest BCUT2D eigenvalue weighted by atomic mass is 35.5. The van der Waals surface area contributed by atoms with E-state index in [2.05, 4.69) is 29.2 Å². The second-order valence-corrected chi connectivity index (χ2v) is 8.35. The van der Waals surface area contributed by atoms with Crippen LogP contribution < -0.4 is 4.74 Å². The third kappa shape index (κ3) is 4.06. The Morgan fingerprint density at radius 1 is 1.22 bits per heavy atom. The van der Waals surface area contributed by atoms with Gasteiger partial charge in [-0.1, -0.05) is 41.6 Å². The number of fused-ring (bicyclic) bond motifs is 1. The zero-order chi connectivity index (χ0) is 22.1. The third-order valence-corrected chi connectivity index (χ3v) is 6.22. The van der Waals surface area contributed by atoms with Crippen LogP contribution in [0.1, 0.15) is 30.4 Å². The number of rotatable bonds is 7. The van der Waals surface area contributed by atoms with Gasteiger partial charge in [-0.2, -0.15) is 4.98 Å². The Hall–Kier alpha value is -3.38. The molecule has 3 aromatic rings. The van der Waals surface area contributed by atoms with E-state index in [9.17, 15) is 4.79 Å². The molecule has 6 nitrogen and oxygen atoms in total.